The maximum atomic E-state index is 13.7. The second-order valence-electron chi connectivity index (χ2n) is 5.75. The van der Waals surface area contributed by atoms with Crippen LogP contribution in [0.2, 0.25) is 0 Å². The molecular weight excluding hydrogens is 335 g/mol. The zero-order valence-corrected chi connectivity index (χ0v) is 14.1. The van der Waals surface area contributed by atoms with Crippen LogP contribution in [0.4, 0.5) is 4.39 Å². The molecule has 116 valence electrons. The number of benzene rings is 1. The summed E-state index contributed by atoms with van der Waals surface area (Å²) in [5, 5.41) is 0. The van der Waals surface area contributed by atoms with Gasteiger partial charge in [0.2, 0.25) is 5.91 Å². The van der Waals surface area contributed by atoms with Gasteiger partial charge in [-0.05, 0) is 51.0 Å². The van der Waals surface area contributed by atoms with E-state index >= 15 is 0 Å². The number of nitrogens with zero attached hydrogens (tertiary/aromatic N) is 2. The second-order valence-corrected chi connectivity index (χ2v) is 6.85. The lowest BCUT2D eigenvalue weighted by Crippen LogP contribution is -2.47. The molecule has 3 nitrogen and oxygen atoms in total. The molecule has 1 aliphatic rings. The summed E-state index contributed by atoms with van der Waals surface area (Å²) >= 11 is 3.42. The molecule has 1 aromatic rings. The Hall–Kier alpha value is -0.940. The zero-order chi connectivity index (χ0) is 15.4. The smallest absolute Gasteiger partial charge is 0.236 e. The molecular formula is C16H22BrFN2O. The standard InChI is InChI=1S/C16H22BrFN2O/c1-19-9-7-13(8-10-19)20(2)16(21)14(17)11-12-5-3-4-6-15(12)18/h3-6,13-14H,7-11H2,1-2H3. The van der Waals surface area contributed by atoms with Crippen LogP contribution in [0.5, 0.6) is 0 Å². The minimum atomic E-state index is -0.376. The molecule has 21 heavy (non-hydrogen) atoms. The van der Waals surface area contributed by atoms with Gasteiger partial charge in [0.05, 0.1) is 4.83 Å². The van der Waals surface area contributed by atoms with Crippen molar-refractivity contribution in [3.05, 3.63) is 35.6 Å². The van der Waals surface area contributed by atoms with E-state index in [0.717, 1.165) is 25.9 Å². The summed E-state index contributed by atoms with van der Waals surface area (Å²) < 4.78 is 13.7. The van der Waals surface area contributed by atoms with Gasteiger partial charge in [-0.15, -0.1) is 0 Å². The van der Waals surface area contributed by atoms with E-state index in [4.69, 9.17) is 0 Å². The molecule has 1 fully saturated rings. The number of piperidine rings is 1. The largest absolute Gasteiger partial charge is 0.342 e. The highest BCUT2D eigenvalue weighted by Crippen LogP contribution is 2.20. The lowest BCUT2D eigenvalue weighted by atomic mass is 10.0. The second kappa shape index (κ2) is 7.36. The van der Waals surface area contributed by atoms with Gasteiger partial charge in [-0.1, -0.05) is 34.1 Å². The normalized spacial score (nSPS) is 18.5. The predicted octanol–water partition coefficient (Wildman–Crippen LogP) is 2.68. The van der Waals surface area contributed by atoms with Crippen molar-refractivity contribution in [1.29, 1.82) is 0 Å². The Morgan fingerprint density at radius 2 is 2.05 bits per heavy atom. The van der Waals surface area contributed by atoms with Crippen LogP contribution in [-0.4, -0.2) is 53.8 Å². The molecule has 0 radical (unpaired) electrons. The Bertz CT molecular complexity index is 489. The molecule has 0 spiro atoms. The Morgan fingerprint density at radius 1 is 1.43 bits per heavy atom. The maximum Gasteiger partial charge on any atom is 0.236 e. The quantitative estimate of drug-likeness (QED) is 0.774. The van der Waals surface area contributed by atoms with Crippen LogP contribution in [-0.2, 0) is 11.2 Å². The summed E-state index contributed by atoms with van der Waals surface area (Å²) in [5.74, 6) is -0.218. The summed E-state index contributed by atoms with van der Waals surface area (Å²) in [6.45, 7) is 2.03. The van der Waals surface area contributed by atoms with E-state index in [-0.39, 0.29) is 22.6 Å². The predicted molar refractivity (Wildman–Crippen MR) is 86.1 cm³/mol. The fraction of sp³-hybridized carbons (Fsp3) is 0.562. The van der Waals surface area contributed by atoms with Gasteiger partial charge in [-0.3, -0.25) is 4.79 Å². The van der Waals surface area contributed by atoms with Gasteiger partial charge in [0.25, 0.3) is 0 Å². The van der Waals surface area contributed by atoms with Gasteiger partial charge in [-0.2, -0.15) is 0 Å². The van der Waals surface area contributed by atoms with E-state index in [1.165, 1.54) is 6.07 Å². The van der Waals surface area contributed by atoms with Crippen molar-refractivity contribution in [2.45, 2.75) is 30.1 Å². The van der Waals surface area contributed by atoms with Gasteiger partial charge < -0.3 is 9.80 Å². The third-order valence-electron chi connectivity index (χ3n) is 4.21. The molecule has 2 rings (SSSR count). The lowest BCUT2D eigenvalue weighted by molar-refractivity contribution is -0.132. The van der Waals surface area contributed by atoms with Crippen molar-refractivity contribution in [2.24, 2.45) is 0 Å². The van der Waals surface area contributed by atoms with E-state index in [1.807, 2.05) is 11.9 Å². The minimum absolute atomic E-state index is 0.0350. The molecule has 5 heteroatoms. The molecule has 1 atom stereocenters. The van der Waals surface area contributed by atoms with Crippen molar-refractivity contribution in [1.82, 2.24) is 9.80 Å². The molecule has 1 unspecified atom stereocenters. The van der Waals surface area contributed by atoms with Crippen LogP contribution < -0.4 is 0 Å². The van der Waals surface area contributed by atoms with Crippen molar-refractivity contribution >= 4 is 21.8 Å². The molecule has 1 amide bonds. The third kappa shape index (κ3) is 4.27. The SMILES string of the molecule is CN1CCC(N(C)C(=O)C(Br)Cc2ccccc2F)CC1. The van der Waals surface area contributed by atoms with Gasteiger partial charge in [0.1, 0.15) is 5.82 Å². The fourth-order valence-corrected chi connectivity index (χ4v) is 3.40. The molecule has 1 saturated heterocycles. The lowest BCUT2D eigenvalue weighted by Gasteiger charge is -2.36. The summed E-state index contributed by atoms with van der Waals surface area (Å²) in [6, 6.07) is 6.90. The van der Waals surface area contributed by atoms with E-state index in [1.54, 1.807) is 18.2 Å². The first-order chi connectivity index (χ1) is 9.99. The van der Waals surface area contributed by atoms with Gasteiger partial charge in [0, 0.05) is 13.1 Å². The topological polar surface area (TPSA) is 23.6 Å². The molecule has 0 aromatic heterocycles. The Labute approximate surface area is 134 Å². The Morgan fingerprint density at radius 3 is 2.67 bits per heavy atom. The first kappa shape index (κ1) is 16.4. The van der Waals surface area contributed by atoms with Crippen molar-refractivity contribution in [3.63, 3.8) is 0 Å². The van der Waals surface area contributed by atoms with E-state index in [2.05, 4.69) is 27.9 Å². The molecule has 1 aromatic carbocycles. The number of rotatable bonds is 4. The first-order valence-corrected chi connectivity index (χ1v) is 8.23. The maximum absolute atomic E-state index is 13.7. The Kier molecular flexibility index (Phi) is 5.76. The molecule has 0 saturated carbocycles. The van der Waals surface area contributed by atoms with Crippen molar-refractivity contribution < 1.29 is 9.18 Å². The van der Waals surface area contributed by atoms with Crippen molar-refractivity contribution in [2.75, 3.05) is 27.2 Å². The molecule has 1 heterocycles. The number of hydrogen-bond acceptors (Lipinski definition) is 2. The van der Waals surface area contributed by atoms with Crippen molar-refractivity contribution in [3.8, 4) is 0 Å². The van der Waals surface area contributed by atoms with Gasteiger partial charge in [0.15, 0.2) is 0 Å². The van der Waals surface area contributed by atoms with E-state index < -0.39 is 0 Å². The summed E-state index contributed by atoms with van der Waals surface area (Å²) in [7, 11) is 3.96. The van der Waals surface area contributed by atoms with Crippen LogP contribution in [0.1, 0.15) is 18.4 Å². The fourth-order valence-electron chi connectivity index (χ4n) is 2.73. The highest BCUT2D eigenvalue weighted by atomic mass is 79.9. The number of amides is 1. The summed E-state index contributed by atoms with van der Waals surface area (Å²) in [4.78, 5) is 16.2. The third-order valence-corrected chi connectivity index (χ3v) is 4.92. The van der Waals surface area contributed by atoms with Crippen LogP contribution in [0.3, 0.4) is 0 Å². The number of carbonyl (C=O) groups is 1. The number of alkyl halides is 1. The van der Waals surface area contributed by atoms with Crippen LogP contribution in [0, 0.1) is 5.82 Å². The minimum Gasteiger partial charge on any atom is -0.342 e. The van der Waals surface area contributed by atoms with Gasteiger partial charge in [-0.25, -0.2) is 4.39 Å². The highest BCUT2D eigenvalue weighted by Gasteiger charge is 2.28. The molecule has 1 aliphatic heterocycles. The number of halogens is 2. The highest BCUT2D eigenvalue weighted by molar-refractivity contribution is 9.10. The summed E-state index contributed by atoms with van der Waals surface area (Å²) in [5.41, 5.74) is 0.574. The first-order valence-electron chi connectivity index (χ1n) is 7.31. The Balaban J connectivity index is 1.94. The average molecular weight is 357 g/mol. The number of hydrogen-bond donors (Lipinski definition) is 0. The van der Waals surface area contributed by atoms with E-state index in [9.17, 15) is 9.18 Å². The zero-order valence-electron chi connectivity index (χ0n) is 12.6. The monoisotopic (exact) mass is 356 g/mol. The van der Waals surface area contributed by atoms with Gasteiger partial charge >= 0.3 is 0 Å². The van der Waals surface area contributed by atoms with Crippen LogP contribution >= 0.6 is 15.9 Å². The summed E-state index contributed by atoms with van der Waals surface area (Å²) in [6.07, 6.45) is 2.37. The molecule has 0 aliphatic carbocycles. The molecule has 0 bridgehead atoms. The molecule has 0 N–H and O–H groups in total. The van der Waals surface area contributed by atoms with E-state index in [0.29, 0.717) is 12.0 Å². The number of likely N-dealkylation sites (tertiary alicyclic amines) is 1. The van der Waals surface area contributed by atoms with Crippen LogP contribution in [0.25, 0.3) is 0 Å². The van der Waals surface area contributed by atoms with Crippen LogP contribution in [0.15, 0.2) is 24.3 Å². The average Bonchev–Trinajstić information content (AvgIpc) is 2.49. The number of carbonyl (C=O) groups excluding carboxylic acids is 1.